The number of hydrogen-bond donors (Lipinski definition) is 1. The molecule has 1 aromatic rings. The van der Waals surface area contributed by atoms with Crippen molar-refractivity contribution in [2.75, 3.05) is 0 Å². The molecule has 1 aromatic carbocycles. The maximum Gasteiger partial charge on any atom is 0.0207 e. The van der Waals surface area contributed by atoms with Crippen LogP contribution < -0.4 is 5.32 Å². The molecule has 0 fully saturated rings. The van der Waals surface area contributed by atoms with E-state index < -0.39 is 0 Å². The van der Waals surface area contributed by atoms with Crippen molar-refractivity contribution < 1.29 is 0 Å². The first kappa shape index (κ1) is 17.2. The molecule has 0 aliphatic carbocycles. The Morgan fingerprint density at radius 3 is 2.10 bits per heavy atom. The van der Waals surface area contributed by atoms with Crippen LogP contribution in [-0.4, -0.2) is 6.04 Å². The summed E-state index contributed by atoms with van der Waals surface area (Å²) in [6.07, 6.45) is 12.6. The van der Waals surface area contributed by atoms with Gasteiger partial charge in [-0.05, 0) is 18.9 Å². The zero-order chi connectivity index (χ0) is 14.5. The lowest BCUT2D eigenvalue weighted by atomic mass is 10.1. The van der Waals surface area contributed by atoms with E-state index in [1.807, 2.05) is 0 Å². The zero-order valence-electron chi connectivity index (χ0n) is 13.5. The van der Waals surface area contributed by atoms with Crippen LogP contribution in [0.1, 0.15) is 77.2 Å². The van der Waals surface area contributed by atoms with Gasteiger partial charge in [-0.3, -0.25) is 0 Å². The third-order valence-electron chi connectivity index (χ3n) is 3.99. The van der Waals surface area contributed by atoms with Crippen LogP contribution in [0.5, 0.6) is 0 Å². The van der Waals surface area contributed by atoms with Crippen LogP contribution in [0.25, 0.3) is 0 Å². The summed E-state index contributed by atoms with van der Waals surface area (Å²) in [7, 11) is 0. The molecule has 0 aliphatic heterocycles. The van der Waals surface area contributed by atoms with E-state index in [0.29, 0.717) is 6.04 Å². The van der Waals surface area contributed by atoms with Gasteiger partial charge >= 0.3 is 0 Å². The third kappa shape index (κ3) is 9.14. The second-order valence-corrected chi connectivity index (χ2v) is 6.03. The van der Waals surface area contributed by atoms with E-state index in [9.17, 15) is 0 Å². The van der Waals surface area contributed by atoms with E-state index in [1.165, 1.54) is 63.4 Å². The summed E-state index contributed by atoms with van der Waals surface area (Å²) >= 11 is 0. The maximum absolute atomic E-state index is 3.62. The maximum atomic E-state index is 3.62. The molecule has 1 atom stereocenters. The van der Waals surface area contributed by atoms with Crippen molar-refractivity contribution in [2.45, 2.75) is 84.2 Å². The SMILES string of the molecule is CCCCCCCCCCC(C)NCc1ccccc1. The van der Waals surface area contributed by atoms with Gasteiger partial charge in [-0.25, -0.2) is 0 Å². The molecule has 1 heteroatoms. The van der Waals surface area contributed by atoms with Gasteiger partial charge in [0.1, 0.15) is 0 Å². The van der Waals surface area contributed by atoms with E-state index in [1.54, 1.807) is 0 Å². The minimum absolute atomic E-state index is 0.635. The quantitative estimate of drug-likeness (QED) is 0.483. The molecule has 1 unspecified atom stereocenters. The monoisotopic (exact) mass is 275 g/mol. The molecule has 0 amide bonds. The van der Waals surface area contributed by atoms with Gasteiger partial charge in [0.15, 0.2) is 0 Å². The van der Waals surface area contributed by atoms with Gasteiger partial charge in [-0.15, -0.1) is 0 Å². The number of nitrogens with one attached hydrogen (secondary N) is 1. The van der Waals surface area contributed by atoms with E-state index in [0.717, 1.165) is 6.54 Å². The van der Waals surface area contributed by atoms with Gasteiger partial charge in [0.25, 0.3) is 0 Å². The highest BCUT2D eigenvalue weighted by Gasteiger charge is 2.01. The molecular weight excluding hydrogens is 242 g/mol. The first-order chi connectivity index (χ1) is 9.83. The molecule has 0 aliphatic rings. The van der Waals surface area contributed by atoms with Crippen LogP contribution >= 0.6 is 0 Å². The highest BCUT2D eigenvalue weighted by Crippen LogP contribution is 2.10. The standard InChI is InChI=1S/C19H33N/c1-3-4-5-6-7-8-9-11-14-18(2)20-17-19-15-12-10-13-16-19/h10,12-13,15-16,18,20H,3-9,11,14,17H2,1-2H3. The van der Waals surface area contributed by atoms with Crippen LogP contribution in [0.3, 0.4) is 0 Å². The smallest absolute Gasteiger partial charge is 0.0207 e. The van der Waals surface area contributed by atoms with Crippen molar-refractivity contribution in [3.05, 3.63) is 35.9 Å². The Bertz CT molecular complexity index is 307. The van der Waals surface area contributed by atoms with Crippen molar-refractivity contribution >= 4 is 0 Å². The van der Waals surface area contributed by atoms with Crippen molar-refractivity contribution in [2.24, 2.45) is 0 Å². The topological polar surface area (TPSA) is 12.0 Å². The molecule has 0 heterocycles. The Balaban J connectivity index is 1.91. The Kier molecular flexibility index (Phi) is 10.3. The molecule has 0 radical (unpaired) electrons. The summed E-state index contributed by atoms with van der Waals surface area (Å²) in [6, 6.07) is 11.3. The summed E-state index contributed by atoms with van der Waals surface area (Å²) in [5.74, 6) is 0. The average Bonchev–Trinajstić information content (AvgIpc) is 2.49. The van der Waals surface area contributed by atoms with Crippen molar-refractivity contribution in [1.29, 1.82) is 0 Å². The van der Waals surface area contributed by atoms with Gasteiger partial charge in [0, 0.05) is 12.6 Å². The molecule has 20 heavy (non-hydrogen) atoms. The second-order valence-electron chi connectivity index (χ2n) is 6.03. The summed E-state index contributed by atoms with van der Waals surface area (Å²) in [4.78, 5) is 0. The molecular formula is C19H33N. The lowest BCUT2D eigenvalue weighted by Crippen LogP contribution is -2.25. The number of unbranched alkanes of at least 4 members (excludes halogenated alkanes) is 7. The molecule has 114 valence electrons. The van der Waals surface area contributed by atoms with Gasteiger partial charge in [0.05, 0.1) is 0 Å². The molecule has 1 N–H and O–H groups in total. The van der Waals surface area contributed by atoms with Crippen molar-refractivity contribution in [3.63, 3.8) is 0 Å². The Hall–Kier alpha value is -0.820. The van der Waals surface area contributed by atoms with E-state index in [-0.39, 0.29) is 0 Å². The van der Waals surface area contributed by atoms with Crippen molar-refractivity contribution in [3.8, 4) is 0 Å². The van der Waals surface area contributed by atoms with Gasteiger partial charge in [-0.2, -0.15) is 0 Å². The summed E-state index contributed by atoms with van der Waals surface area (Å²) in [6.45, 7) is 5.59. The lowest BCUT2D eigenvalue weighted by molar-refractivity contribution is 0.476. The first-order valence-electron chi connectivity index (χ1n) is 8.60. The fraction of sp³-hybridized carbons (Fsp3) is 0.684. The van der Waals surface area contributed by atoms with Gasteiger partial charge in [0.2, 0.25) is 0 Å². The molecule has 0 saturated carbocycles. The average molecular weight is 275 g/mol. The highest BCUT2D eigenvalue weighted by molar-refractivity contribution is 5.14. The minimum Gasteiger partial charge on any atom is -0.310 e. The second kappa shape index (κ2) is 12.0. The molecule has 0 spiro atoms. The molecule has 0 saturated heterocycles. The first-order valence-corrected chi connectivity index (χ1v) is 8.60. The van der Waals surface area contributed by atoms with E-state index >= 15 is 0 Å². The fourth-order valence-corrected chi connectivity index (χ4v) is 2.57. The summed E-state index contributed by atoms with van der Waals surface area (Å²) in [5, 5.41) is 3.62. The third-order valence-corrected chi connectivity index (χ3v) is 3.99. The fourth-order valence-electron chi connectivity index (χ4n) is 2.57. The predicted octanol–water partition coefficient (Wildman–Crippen LogP) is 5.70. The summed E-state index contributed by atoms with van der Waals surface area (Å²) in [5.41, 5.74) is 1.38. The van der Waals surface area contributed by atoms with Crippen LogP contribution in [0.4, 0.5) is 0 Å². The summed E-state index contributed by atoms with van der Waals surface area (Å²) < 4.78 is 0. The normalized spacial score (nSPS) is 12.5. The molecule has 1 nitrogen and oxygen atoms in total. The minimum atomic E-state index is 0.635. The van der Waals surface area contributed by atoms with E-state index in [4.69, 9.17) is 0 Å². The zero-order valence-corrected chi connectivity index (χ0v) is 13.5. The Labute approximate surface area is 126 Å². The van der Waals surface area contributed by atoms with Crippen LogP contribution in [-0.2, 0) is 6.54 Å². The van der Waals surface area contributed by atoms with Crippen LogP contribution in [0, 0.1) is 0 Å². The molecule has 1 rings (SSSR count). The largest absolute Gasteiger partial charge is 0.310 e. The van der Waals surface area contributed by atoms with Crippen molar-refractivity contribution in [1.82, 2.24) is 5.32 Å². The lowest BCUT2D eigenvalue weighted by Gasteiger charge is -2.13. The number of hydrogen-bond acceptors (Lipinski definition) is 1. The van der Waals surface area contributed by atoms with Gasteiger partial charge < -0.3 is 5.32 Å². The Morgan fingerprint density at radius 1 is 0.850 bits per heavy atom. The van der Waals surface area contributed by atoms with Gasteiger partial charge in [-0.1, -0.05) is 88.6 Å². The molecule has 0 bridgehead atoms. The Morgan fingerprint density at radius 2 is 1.45 bits per heavy atom. The van der Waals surface area contributed by atoms with E-state index in [2.05, 4.69) is 49.5 Å². The number of benzene rings is 1. The van der Waals surface area contributed by atoms with Crippen LogP contribution in [0.15, 0.2) is 30.3 Å². The number of rotatable bonds is 12. The van der Waals surface area contributed by atoms with Crippen LogP contribution in [0.2, 0.25) is 0 Å². The highest BCUT2D eigenvalue weighted by atomic mass is 14.9. The molecule has 0 aromatic heterocycles. The predicted molar refractivity (Wildman–Crippen MR) is 90.0 cm³/mol.